The molecule has 30 heavy (non-hydrogen) atoms. The second-order valence-corrected chi connectivity index (χ2v) is 7.60. The van der Waals surface area contributed by atoms with Gasteiger partial charge in [0.25, 0.3) is 5.91 Å². The molecule has 2 heterocycles. The van der Waals surface area contributed by atoms with Crippen LogP contribution in [0.5, 0.6) is 11.5 Å². The molecule has 1 aromatic heterocycles. The molecule has 3 aromatic rings. The molecule has 1 saturated heterocycles. The quantitative estimate of drug-likeness (QED) is 0.596. The zero-order valence-electron chi connectivity index (χ0n) is 16.0. The molecular formula is C22H19BrN4O3. The van der Waals surface area contributed by atoms with Crippen LogP contribution in [0.4, 0.5) is 11.5 Å². The number of para-hydroxylation sites is 1. The van der Waals surface area contributed by atoms with Crippen LogP contribution in [0.25, 0.3) is 0 Å². The first-order valence-electron chi connectivity index (χ1n) is 9.40. The number of nitrogens with one attached hydrogen (secondary N) is 2. The van der Waals surface area contributed by atoms with Gasteiger partial charge in [-0.15, -0.1) is 0 Å². The van der Waals surface area contributed by atoms with Crippen LogP contribution >= 0.6 is 15.9 Å². The molecule has 8 heteroatoms. The summed E-state index contributed by atoms with van der Waals surface area (Å²) in [6, 6.07) is 18.0. The number of carbonyl (C=O) groups is 2. The third-order valence-electron chi connectivity index (χ3n) is 4.52. The van der Waals surface area contributed by atoms with Crippen molar-refractivity contribution in [3.05, 3.63) is 76.9 Å². The molecule has 1 aliphatic heterocycles. The zero-order chi connectivity index (χ0) is 20.9. The molecule has 2 N–H and O–H groups in total. The number of anilines is 2. The van der Waals surface area contributed by atoms with E-state index < -0.39 is 0 Å². The van der Waals surface area contributed by atoms with Crippen LogP contribution < -0.4 is 20.3 Å². The summed E-state index contributed by atoms with van der Waals surface area (Å²) in [6.45, 7) is 1.57. The summed E-state index contributed by atoms with van der Waals surface area (Å²) in [5.41, 5.74) is 0.969. The maximum atomic E-state index is 12.8. The van der Waals surface area contributed by atoms with Crippen LogP contribution in [0.1, 0.15) is 10.4 Å². The number of hydrogen-bond donors (Lipinski definition) is 2. The molecule has 1 fully saturated rings. The third kappa shape index (κ3) is 4.77. The van der Waals surface area contributed by atoms with Gasteiger partial charge < -0.3 is 20.3 Å². The number of nitrogens with zero attached hydrogens (tertiary/aromatic N) is 2. The van der Waals surface area contributed by atoms with Gasteiger partial charge in [-0.2, -0.15) is 0 Å². The first-order chi connectivity index (χ1) is 14.6. The summed E-state index contributed by atoms with van der Waals surface area (Å²) in [5, 5.41) is 5.63. The molecular weight excluding hydrogens is 448 g/mol. The van der Waals surface area contributed by atoms with Gasteiger partial charge in [-0.25, -0.2) is 4.98 Å². The molecule has 2 aromatic carbocycles. The van der Waals surface area contributed by atoms with Crippen molar-refractivity contribution in [2.75, 3.05) is 29.9 Å². The summed E-state index contributed by atoms with van der Waals surface area (Å²) in [5.74, 6) is 1.45. The number of benzene rings is 2. The van der Waals surface area contributed by atoms with E-state index in [2.05, 4.69) is 31.5 Å². The Balaban J connectivity index is 1.47. The van der Waals surface area contributed by atoms with E-state index in [1.165, 1.54) is 0 Å². The predicted molar refractivity (Wildman–Crippen MR) is 118 cm³/mol. The highest BCUT2D eigenvalue weighted by Gasteiger charge is 2.18. The van der Waals surface area contributed by atoms with Crippen molar-refractivity contribution in [3.63, 3.8) is 0 Å². The van der Waals surface area contributed by atoms with Crippen molar-refractivity contribution < 1.29 is 14.3 Å². The lowest BCUT2D eigenvalue weighted by Gasteiger charge is -2.27. The molecule has 0 radical (unpaired) electrons. The highest BCUT2D eigenvalue weighted by molar-refractivity contribution is 9.10. The van der Waals surface area contributed by atoms with E-state index in [-0.39, 0.29) is 18.4 Å². The van der Waals surface area contributed by atoms with Crippen molar-refractivity contribution in [2.24, 2.45) is 0 Å². The molecule has 0 atom stereocenters. The smallest absolute Gasteiger partial charge is 0.259 e. The van der Waals surface area contributed by atoms with E-state index >= 15 is 0 Å². The van der Waals surface area contributed by atoms with Gasteiger partial charge in [0.15, 0.2) is 0 Å². The summed E-state index contributed by atoms with van der Waals surface area (Å²) in [4.78, 5) is 30.6. The monoisotopic (exact) mass is 466 g/mol. The molecule has 152 valence electrons. The van der Waals surface area contributed by atoms with Crippen LogP contribution in [0.15, 0.2) is 71.3 Å². The maximum Gasteiger partial charge on any atom is 0.259 e. The molecule has 0 aliphatic carbocycles. The number of rotatable bonds is 5. The Morgan fingerprint density at radius 3 is 2.77 bits per heavy atom. The fraction of sp³-hybridized carbons (Fsp3) is 0.136. The largest absolute Gasteiger partial charge is 0.456 e. The number of amides is 2. The Bertz CT molecular complexity index is 1070. The minimum absolute atomic E-state index is 0.0255. The Morgan fingerprint density at radius 2 is 2.00 bits per heavy atom. The van der Waals surface area contributed by atoms with Crippen molar-refractivity contribution in [3.8, 4) is 11.5 Å². The predicted octanol–water partition coefficient (Wildman–Crippen LogP) is 3.82. The van der Waals surface area contributed by atoms with Crippen LogP contribution in [0, 0.1) is 0 Å². The second kappa shape index (κ2) is 8.96. The lowest BCUT2D eigenvalue weighted by molar-refractivity contribution is -0.120. The van der Waals surface area contributed by atoms with E-state index in [0.717, 1.165) is 4.47 Å². The van der Waals surface area contributed by atoms with Gasteiger partial charge in [-0.3, -0.25) is 9.59 Å². The minimum atomic E-state index is -0.299. The van der Waals surface area contributed by atoms with E-state index in [1.807, 2.05) is 35.2 Å². The van der Waals surface area contributed by atoms with Crippen LogP contribution in [-0.2, 0) is 4.79 Å². The first kappa shape index (κ1) is 19.9. The number of aromatic nitrogens is 1. The van der Waals surface area contributed by atoms with Crippen molar-refractivity contribution in [1.82, 2.24) is 10.3 Å². The summed E-state index contributed by atoms with van der Waals surface area (Å²) in [7, 11) is 0. The molecule has 0 unspecified atom stereocenters. The zero-order valence-corrected chi connectivity index (χ0v) is 17.6. The molecule has 7 nitrogen and oxygen atoms in total. The van der Waals surface area contributed by atoms with Gasteiger partial charge >= 0.3 is 0 Å². The van der Waals surface area contributed by atoms with E-state index in [0.29, 0.717) is 41.7 Å². The topological polar surface area (TPSA) is 83.6 Å². The Kier molecular flexibility index (Phi) is 5.94. The van der Waals surface area contributed by atoms with Gasteiger partial charge in [0.1, 0.15) is 17.3 Å². The van der Waals surface area contributed by atoms with Crippen LogP contribution in [0.3, 0.4) is 0 Å². The van der Waals surface area contributed by atoms with Crippen LogP contribution in [-0.4, -0.2) is 36.4 Å². The standard InChI is InChI=1S/C22H19BrN4O3/c23-15-4-3-5-17(12-15)30-19-7-2-1-6-18(19)22(29)26-16-8-9-20(25-13-16)27-11-10-24-21(28)14-27/h1-9,12-13H,10-11,14H2,(H,24,28)(H,26,29). The molecule has 0 bridgehead atoms. The number of carbonyl (C=O) groups excluding carboxylic acids is 2. The highest BCUT2D eigenvalue weighted by Crippen LogP contribution is 2.28. The molecule has 2 amide bonds. The van der Waals surface area contributed by atoms with E-state index in [9.17, 15) is 9.59 Å². The Labute approximate surface area is 182 Å². The SMILES string of the molecule is O=C1CN(c2ccc(NC(=O)c3ccccc3Oc3cccc(Br)c3)cn2)CCN1. The number of pyridine rings is 1. The lowest BCUT2D eigenvalue weighted by atomic mass is 10.2. The number of hydrogen-bond acceptors (Lipinski definition) is 5. The van der Waals surface area contributed by atoms with Gasteiger partial charge in [0.05, 0.1) is 24.0 Å². The van der Waals surface area contributed by atoms with Gasteiger partial charge in [-0.05, 0) is 42.5 Å². The first-order valence-corrected chi connectivity index (χ1v) is 10.2. The summed E-state index contributed by atoms with van der Waals surface area (Å²) >= 11 is 3.41. The molecule has 0 spiro atoms. The van der Waals surface area contributed by atoms with Crippen molar-refractivity contribution in [1.29, 1.82) is 0 Å². The molecule has 0 saturated carbocycles. The third-order valence-corrected chi connectivity index (χ3v) is 5.02. The van der Waals surface area contributed by atoms with Gasteiger partial charge in [0, 0.05) is 17.6 Å². The molecule has 1 aliphatic rings. The average molecular weight is 467 g/mol. The van der Waals surface area contributed by atoms with Crippen molar-refractivity contribution in [2.45, 2.75) is 0 Å². The minimum Gasteiger partial charge on any atom is -0.456 e. The van der Waals surface area contributed by atoms with Crippen molar-refractivity contribution >= 4 is 39.2 Å². The van der Waals surface area contributed by atoms with E-state index in [1.54, 1.807) is 36.5 Å². The maximum absolute atomic E-state index is 12.8. The average Bonchev–Trinajstić information content (AvgIpc) is 2.75. The normalized spacial score (nSPS) is 13.5. The van der Waals surface area contributed by atoms with Crippen LogP contribution in [0.2, 0.25) is 0 Å². The van der Waals surface area contributed by atoms with Gasteiger partial charge in [0.2, 0.25) is 5.91 Å². The Morgan fingerprint density at radius 1 is 1.13 bits per heavy atom. The Hall–Kier alpha value is -3.39. The lowest BCUT2D eigenvalue weighted by Crippen LogP contribution is -2.48. The number of piperazine rings is 1. The van der Waals surface area contributed by atoms with E-state index in [4.69, 9.17) is 4.74 Å². The highest BCUT2D eigenvalue weighted by atomic mass is 79.9. The second-order valence-electron chi connectivity index (χ2n) is 6.69. The molecule has 4 rings (SSSR count). The number of halogens is 1. The fourth-order valence-electron chi connectivity index (χ4n) is 3.08. The number of ether oxygens (including phenoxy) is 1. The van der Waals surface area contributed by atoms with Gasteiger partial charge in [-0.1, -0.05) is 34.1 Å². The summed E-state index contributed by atoms with van der Waals surface area (Å²) < 4.78 is 6.79. The summed E-state index contributed by atoms with van der Waals surface area (Å²) in [6.07, 6.45) is 1.58. The fourth-order valence-corrected chi connectivity index (χ4v) is 3.46.